The molecule has 0 radical (unpaired) electrons. The van der Waals surface area contributed by atoms with Crippen molar-refractivity contribution in [1.82, 2.24) is 4.98 Å². The first kappa shape index (κ1) is 17.5. The molecule has 1 heterocycles. The van der Waals surface area contributed by atoms with Crippen LogP contribution in [-0.4, -0.2) is 26.3 Å². The van der Waals surface area contributed by atoms with Gasteiger partial charge in [0.1, 0.15) is 22.9 Å². The second-order valence-corrected chi connectivity index (χ2v) is 5.30. The molecule has 0 aliphatic rings. The summed E-state index contributed by atoms with van der Waals surface area (Å²) >= 11 is 0. The summed E-state index contributed by atoms with van der Waals surface area (Å²) < 4.78 is 49.4. The van der Waals surface area contributed by atoms with Crippen LogP contribution in [0.15, 0.2) is 35.1 Å². The quantitative estimate of drug-likeness (QED) is 0.694. The molecule has 0 spiro atoms. The number of nitrogens with zero attached hydrogens (tertiary/aromatic N) is 1. The van der Waals surface area contributed by atoms with Gasteiger partial charge in [0.15, 0.2) is 29.5 Å². The number of oxazole rings is 1. The Hall–Kier alpha value is -3.29. The van der Waals surface area contributed by atoms with Crippen molar-refractivity contribution in [3.05, 3.63) is 42.3 Å². The normalized spacial score (nSPS) is 10.7. The maximum atomic E-state index is 14.7. The molecular formula is C18H16F2N2O4. The van der Waals surface area contributed by atoms with E-state index >= 15 is 0 Å². The van der Waals surface area contributed by atoms with Gasteiger partial charge in [0.25, 0.3) is 0 Å². The highest BCUT2D eigenvalue weighted by Crippen LogP contribution is 2.40. The van der Waals surface area contributed by atoms with E-state index in [1.165, 1.54) is 21.3 Å². The number of aromatic nitrogens is 1. The molecule has 0 bridgehead atoms. The highest BCUT2D eigenvalue weighted by Gasteiger charge is 2.23. The highest BCUT2D eigenvalue weighted by molar-refractivity contribution is 5.81. The van der Waals surface area contributed by atoms with E-state index in [1.54, 1.807) is 18.2 Å². The minimum Gasteiger partial charge on any atom is -0.497 e. The van der Waals surface area contributed by atoms with Crippen molar-refractivity contribution < 1.29 is 27.4 Å². The van der Waals surface area contributed by atoms with E-state index in [-0.39, 0.29) is 22.8 Å². The minimum atomic E-state index is -0.865. The van der Waals surface area contributed by atoms with Crippen molar-refractivity contribution in [2.24, 2.45) is 0 Å². The zero-order valence-electron chi connectivity index (χ0n) is 14.3. The molecule has 8 heteroatoms. The van der Waals surface area contributed by atoms with Gasteiger partial charge in [0.05, 0.1) is 26.9 Å². The van der Waals surface area contributed by atoms with E-state index in [1.807, 2.05) is 0 Å². The smallest absolute Gasteiger partial charge is 0.182 e. The lowest BCUT2D eigenvalue weighted by atomic mass is 10.0. The predicted octanol–water partition coefficient (Wildman–Crippen LogP) is 3.89. The molecule has 2 N–H and O–H groups in total. The molecule has 6 nitrogen and oxygen atoms in total. The van der Waals surface area contributed by atoms with Crippen molar-refractivity contribution in [3.63, 3.8) is 0 Å². The van der Waals surface area contributed by atoms with Gasteiger partial charge in [-0.2, -0.15) is 0 Å². The van der Waals surface area contributed by atoms with Gasteiger partial charge < -0.3 is 24.4 Å². The molecule has 3 aromatic rings. The standard InChI is InChI=1S/C18H16F2N2O4/c1-23-10-4-9(5-11(6-10)24-2)16-17(26-8-22-16)12-7-13(19)18(25-3)15(21)14(12)20/h4-8H,21H2,1-3H3. The number of methoxy groups -OCH3 is 3. The zero-order chi connectivity index (χ0) is 18.8. The molecule has 0 saturated heterocycles. The third kappa shape index (κ3) is 2.90. The van der Waals surface area contributed by atoms with Crippen LogP contribution in [0.25, 0.3) is 22.6 Å². The van der Waals surface area contributed by atoms with Gasteiger partial charge in [0.2, 0.25) is 0 Å². The monoisotopic (exact) mass is 362 g/mol. The van der Waals surface area contributed by atoms with Crippen molar-refractivity contribution >= 4 is 5.69 Å². The van der Waals surface area contributed by atoms with Gasteiger partial charge in [-0.1, -0.05) is 0 Å². The van der Waals surface area contributed by atoms with E-state index in [2.05, 4.69) is 4.98 Å². The Balaban J connectivity index is 2.20. The van der Waals surface area contributed by atoms with E-state index in [0.717, 1.165) is 12.5 Å². The average molecular weight is 362 g/mol. The number of ether oxygens (including phenoxy) is 3. The van der Waals surface area contributed by atoms with Crippen LogP contribution in [0, 0.1) is 11.6 Å². The molecular weight excluding hydrogens is 346 g/mol. The Morgan fingerprint density at radius 1 is 0.962 bits per heavy atom. The topological polar surface area (TPSA) is 79.7 Å². The Morgan fingerprint density at radius 3 is 2.19 bits per heavy atom. The van der Waals surface area contributed by atoms with Crippen LogP contribution >= 0.6 is 0 Å². The fourth-order valence-electron chi connectivity index (χ4n) is 2.59. The van der Waals surface area contributed by atoms with Gasteiger partial charge in [-0.3, -0.25) is 0 Å². The van der Waals surface area contributed by atoms with Crippen molar-refractivity contribution in [1.29, 1.82) is 0 Å². The van der Waals surface area contributed by atoms with E-state index < -0.39 is 17.3 Å². The fourth-order valence-corrected chi connectivity index (χ4v) is 2.59. The van der Waals surface area contributed by atoms with Gasteiger partial charge in [-0.05, 0) is 18.2 Å². The number of hydrogen-bond acceptors (Lipinski definition) is 6. The largest absolute Gasteiger partial charge is 0.497 e. The van der Waals surface area contributed by atoms with Gasteiger partial charge >= 0.3 is 0 Å². The third-order valence-corrected chi connectivity index (χ3v) is 3.85. The highest BCUT2D eigenvalue weighted by atomic mass is 19.1. The van der Waals surface area contributed by atoms with Crippen LogP contribution in [0.1, 0.15) is 0 Å². The maximum absolute atomic E-state index is 14.7. The summed E-state index contributed by atoms with van der Waals surface area (Å²) in [6.07, 6.45) is 1.13. The predicted molar refractivity (Wildman–Crippen MR) is 91.4 cm³/mol. The SMILES string of the molecule is COc1cc(OC)cc(-c2ncoc2-c2cc(F)c(OC)c(N)c2F)c1. The first-order chi connectivity index (χ1) is 12.5. The Morgan fingerprint density at radius 2 is 1.62 bits per heavy atom. The second kappa shape index (κ2) is 6.91. The molecule has 0 unspecified atom stereocenters. The molecule has 0 atom stereocenters. The lowest BCUT2D eigenvalue weighted by Crippen LogP contribution is -2.01. The number of rotatable bonds is 5. The van der Waals surface area contributed by atoms with Crippen LogP contribution in [0.5, 0.6) is 17.2 Å². The molecule has 0 amide bonds. The molecule has 0 aliphatic heterocycles. The molecule has 0 fully saturated rings. The van der Waals surface area contributed by atoms with Crippen LogP contribution in [0.2, 0.25) is 0 Å². The number of nitrogens with two attached hydrogens (primary N) is 1. The molecule has 136 valence electrons. The summed E-state index contributed by atoms with van der Waals surface area (Å²) in [5.41, 5.74) is 5.84. The number of hydrogen-bond donors (Lipinski definition) is 1. The van der Waals surface area contributed by atoms with E-state index in [0.29, 0.717) is 17.1 Å². The minimum absolute atomic E-state index is 0.0195. The molecule has 0 aliphatic carbocycles. The first-order valence-electron chi connectivity index (χ1n) is 7.48. The average Bonchev–Trinajstić information content (AvgIpc) is 3.14. The first-order valence-corrected chi connectivity index (χ1v) is 7.48. The number of benzene rings is 2. The van der Waals surface area contributed by atoms with Gasteiger partial charge in [-0.15, -0.1) is 0 Å². The number of halogens is 2. The lowest BCUT2D eigenvalue weighted by Gasteiger charge is -2.11. The number of anilines is 1. The third-order valence-electron chi connectivity index (χ3n) is 3.85. The Kier molecular flexibility index (Phi) is 4.66. The summed E-state index contributed by atoms with van der Waals surface area (Å²) in [5, 5.41) is 0. The second-order valence-electron chi connectivity index (χ2n) is 5.30. The summed E-state index contributed by atoms with van der Waals surface area (Å²) in [6, 6.07) is 5.97. The van der Waals surface area contributed by atoms with Gasteiger partial charge in [-0.25, -0.2) is 13.8 Å². The fraction of sp³-hybridized carbons (Fsp3) is 0.167. The van der Waals surface area contributed by atoms with E-state index in [4.69, 9.17) is 24.4 Å². The molecule has 2 aromatic carbocycles. The number of nitrogen functional groups attached to an aromatic ring is 1. The van der Waals surface area contributed by atoms with Crippen LogP contribution < -0.4 is 19.9 Å². The zero-order valence-corrected chi connectivity index (χ0v) is 14.3. The van der Waals surface area contributed by atoms with Crippen LogP contribution in [0.3, 0.4) is 0 Å². The van der Waals surface area contributed by atoms with Crippen LogP contribution in [-0.2, 0) is 0 Å². The Labute approximate surface area is 148 Å². The van der Waals surface area contributed by atoms with Crippen LogP contribution in [0.4, 0.5) is 14.5 Å². The lowest BCUT2D eigenvalue weighted by molar-refractivity contribution is 0.386. The molecule has 1 aromatic heterocycles. The summed E-state index contributed by atoms with van der Waals surface area (Å²) in [4.78, 5) is 4.12. The Bertz CT molecular complexity index is 934. The maximum Gasteiger partial charge on any atom is 0.182 e. The van der Waals surface area contributed by atoms with Crippen molar-refractivity contribution in [3.8, 4) is 39.8 Å². The van der Waals surface area contributed by atoms with Crippen molar-refractivity contribution in [2.45, 2.75) is 0 Å². The van der Waals surface area contributed by atoms with E-state index in [9.17, 15) is 8.78 Å². The molecule has 26 heavy (non-hydrogen) atoms. The summed E-state index contributed by atoms with van der Waals surface area (Å²) in [6.45, 7) is 0. The molecule has 3 rings (SSSR count). The van der Waals surface area contributed by atoms with Crippen molar-refractivity contribution in [2.75, 3.05) is 27.1 Å². The molecule has 0 saturated carbocycles. The summed E-state index contributed by atoms with van der Waals surface area (Å²) in [7, 11) is 4.21. The summed E-state index contributed by atoms with van der Waals surface area (Å²) in [5.74, 6) is -1.01. The van der Waals surface area contributed by atoms with Gasteiger partial charge in [0, 0.05) is 11.6 Å².